The predicted octanol–water partition coefficient (Wildman–Crippen LogP) is 3.91. The fourth-order valence-electron chi connectivity index (χ4n) is 2.34. The molecule has 0 fully saturated rings. The average Bonchev–Trinajstić information content (AvgIpc) is 2.53. The highest BCUT2D eigenvalue weighted by Gasteiger charge is 2.06. The van der Waals surface area contributed by atoms with Gasteiger partial charge in [-0.1, -0.05) is 6.07 Å². The van der Waals surface area contributed by atoms with Crippen LogP contribution in [-0.2, 0) is 11.4 Å². The van der Waals surface area contributed by atoms with E-state index >= 15 is 0 Å². The molecule has 3 aromatic rings. The van der Waals surface area contributed by atoms with Crippen molar-refractivity contribution in [2.45, 2.75) is 13.5 Å². The van der Waals surface area contributed by atoms with Gasteiger partial charge in [0.05, 0.1) is 5.52 Å². The summed E-state index contributed by atoms with van der Waals surface area (Å²) in [6.45, 7) is 1.66. The molecule has 116 valence electrons. The molecule has 4 nitrogen and oxygen atoms in total. The highest BCUT2D eigenvalue weighted by atomic mass is 19.1. The molecule has 0 aliphatic heterocycles. The summed E-state index contributed by atoms with van der Waals surface area (Å²) < 4.78 is 19.4. The minimum Gasteiger partial charge on any atom is -0.489 e. The smallest absolute Gasteiger partial charge is 0.221 e. The van der Waals surface area contributed by atoms with Crippen molar-refractivity contribution in [1.29, 1.82) is 0 Å². The van der Waals surface area contributed by atoms with Crippen LogP contribution in [0, 0.1) is 5.82 Å². The van der Waals surface area contributed by atoms with Gasteiger partial charge in [0.2, 0.25) is 5.91 Å². The number of nitrogens with one attached hydrogen (secondary N) is 1. The lowest BCUT2D eigenvalue weighted by molar-refractivity contribution is -0.114. The molecule has 1 amide bonds. The lowest BCUT2D eigenvalue weighted by atomic mass is 10.1. The third-order valence-electron chi connectivity index (χ3n) is 3.32. The topological polar surface area (TPSA) is 51.2 Å². The number of anilines is 1. The fraction of sp³-hybridized carbons (Fsp3) is 0.111. The first-order valence-corrected chi connectivity index (χ1v) is 7.15. The Balaban J connectivity index is 1.77. The Kier molecular flexibility index (Phi) is 4.19. The number of carbonyl (C=O) groups is 1. The monoisotopic (exact) mass is 310 g/mol. The first kappa shape index (κ1) is 15.0. The quantitative estimate of drug-likeness (QED) is 0.795. The molecule has 1 N–H and O–H groups in total. The van der Waals surface area contributed by atoms with E-state index in [1.807, 2.05) is 6.07 Å². The molecule has 0 spiro atoms. The van der Waals surface area contributed by atoms with Gasteiger partial charge in [-0.25, -0.2) is 4.39 Å². The van der Waals surface area contributed by atoms with Gasteiger partial charge < -0.3 is 10.1 Å². The minimum atomic E-state index is -0.315. The number of carbonyl (C=O) groups excluding carboxylic acids is 1. The predicted molar refractivity (Wildman–Crippen MR) is 86.8 cm³/mol. The third kappa shape index (κ3) is 3.63. The number of ether oxygens (including phenoxy) is 1. The summed E-state index contributed by atoms with van der Waals surface area (Å²) in [4.78, 5) is 15.3. The maximum Gasteiger partial charge on any atom is 0.221 e. The Bertz CT molecular complexity index is 847. The van der Waals surface area contributed by atoms with Gasteiger partial charge in [0.25, 0.3) is 0 Å². The number of fused-ring (bicyclic) bond motifs is 1. The number of amides is 1. The van der Waals surface area contributed by atoms with Crippen LogP contribution in [0.4, 0.5) is 10.1 Å². The molecule has 23 heavy (non-hydrogen) atoms. The second-order valence-electron chi connectivity index (χ2n) is 5.13. The summed E-state index contributed by atoms with van der Waals surface area (Å²) in [6, 6.07) is 13.5. The second-order valence-corrected chi connectivity index (χ2v) is 5.13. The minimum absolute atomic E-state index is 0.129. The third-order valence-corrected chi connectivity index (χ3v) is 3.32. The standard InChI is InChI=1S/C18H15FN2O2/c1-12(22)21-16-4-6-17(7-5-16)23-11-14-10-15(19)9-13-3-2-8-20-18(13)14/h2-10H,11H2,1H3,(H,21,22). The van der Waals surface area contributed by atoms with E-state index in [-0.39, 0.29) is 18.3 Å². The first-order valence-electron chi connectivity index (χ1n) is 7.15. The van der Waals surface area contributed by atoms with Crippen molar-refractivity contribution in [1.82, 2.24) is 4.98 Å². The molecule has 1 aromatic heterocycles. The van der Waals surface area contributed by atoms with E-state index in [0.717, 1.165) is 10.9 Å². The molecule has 2 aromatic carbocycles. The van der Waals surface area contributed by atoms with Crippen LogP contribution in [0.15, 0.2) is 54.7 Å². The number of benzene rings is 2. The van der Waals surface area contributed by atoms with Crippen molar-refractivity contribution in [2.75, 3.05) is 5.32 Å². The molecule has 0 unspecified atom stereocenters. The van der Waals surface area contributed by atoms with Crippen molar-refractivity contribution in [2.24, 2.45) is 0 Å². The average molecular weight is 310 g/mol. The van der Waals surface area contributed by atoms with Crippen molar-refractivity contribution in [3.8, 4) is 5.75 Å². The summed E-state index contributed by atoms with van der Waals surface area (Å²) in [5, 5.41) is 3.43. The number of nitrogens with zero attached hydrogens (tertiary/aromatic N) is 1. The van der Waals surface area contributed by atoms with E-state index < -0.39 is 0 Å². The van der Waals surface area contributed by atoms with Gasteiger partial charge in [-0.3, -0.25) is 9.78 Å². The van der Waals surface area contributed by atoms with Crippen molar-refractivity contribution in [3.05, 3.63) is 66.1 Å². The summed E-state index contributed by atoms with van der Waals surface area (Å²) in [6.07, 6.45) is 1.67. The van der Waals surface area contributed by atoms with Crippen LogP contribution >= 0.6 is 0 Å². The second kappa shape index (κ2) is 6.44. The number of pyridine rings is 1. The van der Waals surface area contributed by atoms with Crippen LogP contribution in [0.5, 0.6) is 5.75 Å². The maximum atomic E-state index is 13.7. The maximum absolute atomic E-state index is 13.7. The zero-order chi connectivity index (χ0) is 16.2. The molecule has 0 radical (unpaired) electrons. The van der Waals surface area contributed by atoms with Crippen LogP contribution < -0.4 is 10.1 Å². The molecular weight excluding hydrogens is 295 g/mol. The van der Waals surface area contributed by atoms with Crippen molar-refractivity contribution in [3.63, 3.8) is 0 Å². The van der Waals surface area contributed by atoms with Crippen LogP contribution in [-0.4, -0.2) is 10.9 Å². The largest absolute Gasteiger partial charge is 0.489 e. The highest BCUT2D eigenvalue weighted by Crippen LogP contribution is 2.21. The lowest BCUT2D eigenvalue weighted by Gasteiger charge is -2.10. The molecule has 0 saturated heterocycles. The summed E-state index contributed by atoms with van der Waals surface area (Å²) in [5.41, 5.74) is 2.11. The molecule has 0 atom stereocenters. The lowest BCUT2D eigenvalue weighted by Crippen LogP contribution is -2.05. The van der Waals surface area contributed by atoms with Gasteiger partial charge in [-0.05, 0) is 42.5 Å². The zero-order valence-electron chi connectivity index (χ0n) is 12.5. The Hall–Kier alpha value is -2.95. The first-order chi connectivity index (χ1) is 11.1. The molecule has 0 saturated carbocycles. The Morgan fingerprint density at radius 1 is 1.22 bits per heavy atom. The summed E-state index contributed by atoms with van der Waals surface area (Å²) >= 11 is 0. The number of hydrogen-bond acceptors (Lipinski definition) is 3. The number of aromatic nitrogens is 1. The van der Waals surface area contributed by atoms with Crippen LogP contribution in [0.25, 0.3) is 10.9 Å². The Morgan fingerprint density at radius 2 is 2.00 bits per heavy atom. The van der Waals surface area contributed by atoms with Gasteiger partial charge in [-0.15, -0.1) is 0 Å². The molecule has 5 heteroatoms. The van der Waals surface area contributed by atoms with Crippen molar-refractivity contribution < 1.29 is 13.9 Å². The summed E-state index contributed by atoms with van der Waals surface area (Å²) in [5.74, 6) is 0.188. The fourth-order valence-corrected chi connectivity index (χ4v) is 2.34. The van der Waals surface area contributed by atoms with E-state index in [1.165, 1.54) is 19.1 Å². The van der Waals surface area contributed by atoms with Gasteiger partial charge in [-0.2, -0.15) is 0 Å². The van der Waals surface area contributed by atoms with E-state index in [2.05, 4.69) is 10.3 Å². The Morgan fingerprint density at radius 3 is 2.74 bits per heavy atom. The van der Waals surface area contributed by atoms with Gasteiger partial charge in [0.1, 0.15) is 18.2 Å². The van der Waals surface area contributed by atoms with Gasteiger partial charge in [0, 0.05) is 29.8 Å². The normalized spacial score (nSPS) is 10.5. The van der Waals surface area contributed by atoms with Crippen LogP contribution in [0.1, 0.15) is 12.5 Å². The van der Waals surface area contributed by atoms with E-state index in [4.69, 9.17) is 4.74 Å². The Labute approximate surface area is 132 Å². The highest BCUT2D eigenvalue weighted by molar-refractivity contribution is 5.88. The number of hydrogen-bond donors (Lipinski definition) is 1. The number of rotatable bonds is 4. The molecule has 3 rings (SSSR count). The van der Waals surface area contributed by atoms with Crippen molar-refractivity contribution >= 4 is 22.5 Å². The van der Waals surface area contributed by atoms with Crippen LogP contribution in [0.3, 0.4) is 0 Å². The zero-order valence-corrected chi connectivity index (χ0v) is 12.5. The van der Waals surface area contributed by atoms with E-state index in [1.54, 1.807) is 36.5 Å². The molecule has 1 heterocycles. The summed E-state index contributed by atoms with van der Waals surface area (Å²) in [7, 11) is 0. The van der Waals surface area contributed by atoms with Gasteiger partial charge in [0.15, 0.2) is 0 Å². The van der Waals surface area contributed by atoms with E-state index in [0.29, 0.717) is 17.0 Å². The molecular formula is C18H15FN2O2. The molecule has 0 bridgehead atoms. The van der Waals surface area contributed by atoms with Crippen LogP contribution in [0.2, 0.25) is 0 Å². The number of halogens is 1. The molecule has 0 aliphatic rings. The SMILES string of the molecule is CC(=O)Nc1ccc(OCc2cc(F)cc3cccnc23)cc1. The molecule has 0 aliphatic carbocycles. The van der Waals surface area contributed by atoms with Gasteiger partial charge >= 0.3 is 0 Å². The van der Waals surface area contributed by atoms with E-state index in [9.17, 15) is 9.18 Å².